The van der Waals surface area contributed by atoms with Gasteiger partial charge in [0.1, 0.15) is 18.0 Å². The molecule has 1 aromatic rings. The topological polar surface area (TPSA) is 96.1 Å². The summed E-state index contributed by atoms with van der Waals surface area (Å²) >= 11 is 1.81. The molecule has 0 saturated carbocycles. The van der Waals surface area contributed by atoms with E-state index in [1.54, 1.807) is 11.8 Å². The van der Waals surface area contributed by atoms with Crippen molar-refractivity contribution in [1.29, 1.82) is 0 Å². The molecule has 0 fully saturated rings. The Morgan fingerprint density at radius 1 is 1.35 bits per heavy atom. The number of aliphatic hydroxyl groups is 1. The second-order valence-corrected chi connectivity index (χ2v) is 4.68. The molecule has 0 aromatic carbocycles. The Bertz CT molecular complexity index is 336. The van der Waals surface area contributed by atoms with Crippen molar-refractivity contribution in [2.75, 3.05) is 35.4 Å². The molecule has 1 aromatic heterocycles. The lowest BCUT2D eigenvalue weighted by atomic mass is 10.3. The lowest BCUT2D eigenvalue weighted by Crippen LogP contribution is -2.13. The van der Waals surface area contributed by atoms with Crippen molar-refractivity contribution in [2.24, 2.45) is 5.84 Å². The summed E-state index contributed by atoms with van der Waals surface area (Å²) in [5, 5.41) is 11.9. The van der Waals surface area contributed by atoms with Crippen LogP contribution in [0.25, 0.3) is 0 Å². The summed E-state index contributed by atoms with van der Waals surface area (Å²) in [6.45, 7) is 3.01. The number of aromatic nitrogens is 2. The van der Waals surface area contributed by atoms with Crippen molar-refractivity contribution in [1.82, 2.24) is 9.97 Å². The van der Waals surface area contributed by atoms with E-state index in [1.807, 2.05) is 6.92 Å². The molecule has 0 radical (unpaired) electrons. The molecule has 0 saturated heterocycles. The Kier molecular flexibility index (Phi) is 6.68. The molecule has 0 atom stereocenters. The monoisotopic (exact) mass is 257 g/mol. The molecular weight excluding hydrogens is 238 g/mol. The van der Waals surface area contributed by atoms with Crippen LogP contribution in [0.1, 0.15) is 12.0 Å². The number of rotatable bonds is 8. The number of hydrogen-bond donors (Lipinski definition) is 4. The number of nitrogen functional groups attached to an aromatic ring is 1. The van der Waals surface area contributed by atoms with Gasteiger partial charge in [-0.25, -0.2) is 15.8 Å². The molecule has 6 nitrogen and oxygen atoms in total. The van der Waals surface area contributed by atoms with Crippen molar-refractivity contribution >= 4 is 23.4 Å². The van der Waals surface area contributed by atoms with Gasteiger partial charge >= 0.3 is 0 Å². The average Bonchev–Trinajstić information content (AvgIpc) is 2.35. The van der Waals surface area contributed by atoms with Crippen LogP contribution in [0.3, 0.4) is 0 Å². The molecule has 1 rings (SSSR count). The van der Waals surface area contributed by atoms with Gasteiger partial charge in [0, 0.05) is 24.5 Å². The van der Waals surface area contributed by atoms with Crippen LogP contribution in [-0.4, -0.2) is 39.7 Å². The zero-order valence-electron chi connectivity index (χ0n) is 9.94. The van der Waals surface area contributed by atoms with Gasteiger partial charge in [-0.1, -0.05) is 0 Å². The lowest BCUT2D eigenvalue weighted by molar-refractivity contribution is 0.296. The molecule has 0 unspecified atom stereocenters. The number of nitrogens with one attached hydrogen (secondary N) is 2. The molecule has 17 heavy (non-hydrogen) atoms. The van der Waals surface area contributed by atoms with Gasteiger partial charge < -0.3 is 15.8 Å². The van der Waals surface area contributed by atoms with Crippen LogP contribution in [0.5, 0.6) is 0 Å². The standard InChI is InChI=1S/C10H19N5OS/c1-8-9(13-7-14-10(8)15-11)12-3-6-17-5-2-4-16/h7,16H,2-6,11H2,1H3,(H2,12,13,14,15). The molecular formula is C10H19N5OS. The SMILES string of the molecule is Cc1c(NN)ncnc1NCCSCCCO. The minimum atomic E-state index is 0.261. The lowest BCUT2D eigenvalue weighted by Gasteiger charge is -2.10. The fourth-order valence-electron chi connectivity index (χ4n) is 1.28. The summed E-state index contributed by atoms with van der Waals surface area (Å²) in [4.78, 5) is 8.16. The van der Waals surface area contributed by atoms with Gasteiger partial charge in [-0.15, -0.1) is 0 Å². The number of thioether (sulfide) groups is 1. The van der Waals surface area contributed by atoms with Crippen molar-refractivity contribution in [3.63, 3.8) is 0 Å². The zero-order chi connectivity index (χ0) is 12.5. The van der Waals surface area contributed by atoms with E-state index < -0.39 is 0 Å². The van der Waals surface area contributed by atoms with Crippen LogP contribution in [0.15, 0.2) is 6.33 Å². The van der Waals surface area contributed by atoms with Gasteiger partial charge in [-0.3, -0.25) is 0 Å². The third kappa shape index (κ3) is 4.76. The normalized spacial score (nSPS) is 10.3. The van der Waals surface area contributed by atoms with Crippen molar-refractivity contribution < 1.29 is 5.11 Å². The largest absolute Gasteiger partial charge is 0.396 e. The number of hydrogen-bond acceptors (Lipinski definition) is 7. The molecule has 1 heterocycles. The number of hydrazine groups is 1. The number of aliphatic hydroxyl groups excluding tert-OH is 1. The number of anilines is 2. The maximum atomic E-state index is 8.63. The Morgan fingerprint density at radius 3 is 2.82 bits per heavy atom. The third-order valence-corrected chi connectivity index (χ3v) is 3.28. The van der Waals surface area contributed by atoms with Crippen LogP contribution in [0.2, 0.25) is 0 Å². The first-order chi connectivity index (χ1) is 8.29. The predicted molar refractivity (Wildman–Crippen MR) is 72.1 cm³/mol. The van der Waals surface area contributed by atoms with Crippen LogP contribution in [0, 0.1) is 6.92 Å². The van der Waals surface area contributed by atoms with E-state index in [1.165, 1.54) is 6.33 Å². The van der Waals surface area contributed by atoms with E-state index in [-0.39, 0.29) is 6.61 Å². The first kappa shape index (κ1) is 14.0. The van der Waals surface area contributed by atoms with E-state index in [4.69, 9.17) is 10.9 Å². The van der Waals surface area contributed by atoms with Crippen LogP contribution < -0.4 is 16.6 Å². The Labute approximate surface area is 105 Å². The van der Waals surface area contributed by atoms with E-state index in [9.17, 15) is 0 Å². The average molecular weight is 257 g/mol. The first-order valence-electron chi connectivity index (χ1n) is 5.50. The summed E-state index contributed by atoms with van der Waals surface area (Å²) in [6.07, 6.45) is 2.32. The van der Waals surface area contributed by atoms with Crippen molar-refractivity contribution in [3.05, 3.63) is 11.9 Å². The van der Waals surface area contributed by atoms with Gasteiger partial charge in [0.15, 0.2) is 0 Å². The maximum Gasteiger partial charge on any atom is 0.148 e. The van der Waals surface area contributed by atoms with Crippen molar-refractivity contribution in [3.8, 4) is 0 Å². The fraction of sp³-hybridized carbons (Fsp3) is 0.600. The smallest absolute Gasteiger partial charge is 0.148 e. The number of nitrogens with zero attached hydrogens (tertiary/aromatic N) is 2. The second-order valence-electron chi connectivity index (χ2n) is 3.46. The van der Waals surface area contributed by atoms with Crippen LogP contribution in [-0.2, 0) is 0 Å². The minimum absolute atomic E-state index is 0.261. The van der Waals surface area contributed by atoms with Crippen LogP contribution >= 0.6 is 11.8 Å². The molecule has 7 heteroatoms. The maximum absolute atomic E-state index is 8.63. The molecule has 0 aliphatic carbocycles. The Balaban J connectivity index is 2.31. The molecule has 0 amide bonds. The molecule has 0 bridgehead atoms. The first-order valence-corrected chi connectivity index (χ1v) is 6.65. The van der Waals surface area contributed by atoms with E-state index in [0.29, 0.717) is 5.82 Å². The van der Waals surface area contributed by atoms with E-state index >= 15 is 0 Å². The Morgan fingerprint density at radius 2 is 2.12 bits per heavy atom. The summed E-state index contributed by atoms with van der Waals surface area (Å²) in [5.41, 5.74) is 3.44. The second kappa shape index (κ2) is 8.10. The van der Waals surface area contributed by atoms with Gasteiger partial charge in [0.2, 0.25) is 0 Å². The summed E-state index contributed by atoms with van der Waals surface area (Å²) in [7, 11) is 0. The molecule has 0 spiro atoms. The van der Waals surface area contributed by atoms with Crippen LogP contribution in [0.4, 0.5) is 11.6 Å². The summed E-state index contributed by atoms with van der Waals surface area (Å²) in [6, 6.07) is 0. The predicted octanol–water partition coefficient (Wildman–Crippen LogP) is 0.598. The number of nitrogens with two attached hydrogens (primary N) is 1. The van der Waals surface area contributed by atoms with Gasteiger partial charge in [-0.05, 0) is 19.1 Å². The van der Waals surface area contributed by atoms with Gasteiger partial charge in [0.25, 0.3) is 0 Å². The summed E-state index contributed by atoms with van der Waals surface area (Å²) < 4.78 is 0. The fourth-order valence-corrected chi connectivity index (χ4v) is 2.07. The minimum Gasteiger partial charge on any atom is -0.396 e. The third-order valence-electron chi connectivity index (χ3n) is 2.21. The molecule has 0 aliphatic rings. The quantitative estimate of drug-likeness (QED) is 0.307. The highest BCUT2D eigenvalue weighted by atomic mass is 32.2. The highest BCUT2D eigenvalue weighted by molar-refractivity contribution is 7.99. The molecule has 5 N–H and O–H groups in total. The van der Waals surface area contributed by atoms with Crippen molar-refractivity contribution in [2.45, 2.75) is 13.3 Å². The molecule has 0 aliphatic heterocycles. The Hall–Kier alpha value is -1.05. The van der Waals surface area contributed by atoms with Gasteiger partial charge in [-0.2, -0.15) is 11.8 Å². The van der Waals surface area contributed by atoms with E-state index in [2.05, 4.69) is 20.7 Å². The van der Waals surface area contributed by atoms with E-state index in [0.717, 1.165) is 35.9 Å². The summed E-state index contributed by atoms with van der Waals surface area (Å²) in [5.74, 6) is 8.73. The zero-order valence-corrected chi connectivity index (χ0v) is 10.8. The highest BCUT2D eigenvalue weighted by Gasteiger charge is 2.04. The molecule has 96 valence electrons. The van der Waals surface area contributed by atoms with Gasteiger partial charge in [0.05, 0.1) is 0 Å². The highest BCUT2D eigenvalue weighted by Crippen LogP contribution is 2.16.